The van der Waals surface area contributed by atoms with Crippen LogP contribution in [0.15, 0.2) is 35.3 Å². The lowest BCUT2D eigenvalue weighted by atomic mass is 9.98. The smallest absolute Gasteiger partial charge is 0.405 e. The van der Waals surface area contributed by atoms with Crippen molar-refractivity contribution in [3.63, 3.8) is 0 Å². The zero-order valence-corrected chi connectivity index (χ0v) is 14.3. The molecule has 128 valence electrons. The minimum Gasteiger partial charge on any atom is -0.405 e. The summed E-state index contributed by atoms with van der Waals surface area (Å²) < 4.78 is 43.1. The molecular weight excluding hydrogens is 373 g/mol. The van der Waals surface area contributed by atoms with Crippen LogP contribution in [0.4, 0.5) is 13.2 Å². The number of hydrogen-bond acceptors (Lipinski definition) is 3. The zero-order chi connectivity index (χ0) is 16.9. The van der Waals surface area contributed by atoms with Gasteiger partial charge in [0.1, 0.15) is 5.75 Å². The Bertz CT molecular complexity index is 531. The number of allylic oxidation sites excluding steroid dienone is 1. The second kappa shape index (κ2) is 8.17. The Balaban J connectivity index is 2.34. The van der Waals surface area contributed by atoms with Crippen molar-refractivity contribution in [3.8, 4) is 5.75 Å². The third-order valence-corrected chi connectivity index (χ3v) is 4.29. The van der Waals surface area contributed by atoms with Crippen LogP contribution in [0.25, 0.3) is 0 Å². The summed E-state index contributed by atoms with van der Waals surface area (Å²) >= 11 is 3.35. The molecule has 23 heavy (non-hydrogen) atoms. The SMILES string of the molecule is C=CCC[C@@H](c1cc(Br)ccc1OC(F)(F)F)N1CCNCC1. The Morgan fingerprint density at radius 2 is 2.04 bits per heavy atom. The second-order valence-electron chi connectivity index (χ2n) is 5.40. The molecule has 1 aromatic carbocycles. The lowest BCUT2D eigenvalue weighted by molar-refractivity contribution is -0.275. The molecule has 0 unspecified atom stereocenters. The van der Waals surface area contributed by atoms with Crippen LogP contribution in [0.2, 0.25) is 0 Å². The number of alkyl halides is 3. The van der Waals surface area contributed by atoms with Crippen molar-refractivity contribution in [3.05, 3.63) is 40.9 Å². The lowest BCUT2D eigenvalue weighted by Gasteiger charge is -2.36. The summed E-state index contributed by atoms with van der Waals surface area (Å²) in [6.45, 7) is 6.96. The fraction of sp³-hybridized carbons (Fsp3) is 0.500. The van der Waals surface area contributed by atoms with Crippen LogP contribution < -0.4 is 10.1 Å². The van der Waals surface area contributed by atoms with E-state index in [1.54, 1.807) is 18.2 Å². The quantitative estimate of drug-likeness (QED) is 0.731. The molecule has 0 spiro atoms. The first-order valence-corrected chi connectivity index (χ1v) is 8.31. The fourth-order valence-corrected chi connectivity index (χ4v) is 3.18. The van der Waals surface area contributed by atoms with Crippen molar-refractivity contribution in [2.24, 2.45) is 0 Å². The van der Waals surface area contributed by atoms with Gasteiger partial charge in [-0.1, -0.05) is 22.0 Å². The average molecular weight is 393 g/mol. The van der Waals surface area contributed by atoms with Crippen LogP contribution in [-0.4, -0.2) is 37.4 Å². The minimum atomic E-state index is -4.70. The molecule has 2 rings (SSSR count). The molecule has 0 aromatic heterocycles. The molecule has 0 amide bonds. The third kappa shape index (κ3) is 5.51. The Labute approximate surface area is 142 Å². The monoisotopic (exact) mass is 392 g/mol. The molecule has 3 nitrogen and oxygen atoms in total. The van der Waals surface area contributed by atoms with E-state index in [9.17, 15) is 13.2 Å². The normalized spacial score (nSPS) is 17.7. The number of piperazine rings is 1. The van der Waals surface area contributed by atoms with Gasteiger partial charge in [-0.05, 0) is 31.0 Å². The third-order valence-electron chi connectivity index (χ3n) is 3.79. The highest BCUT2D eigenvalue weighted by atomic mass is 79.9. The first kappa shape index (κ1) is 18.3. The summed E-state index contributed by atoms with van der Waals surface area (Å²) in [5, 5.41) is 3.26. The molecule has 0 aliphatic carbocycles. The Hall–Kier alpha value is -1.05. The van der Waals surface area contributed by atoms with Crippen molar-refractivity contribution in [2.75, 3.05) is 26.2 Å². The summed E-state index contributed by atoms with van der Waals surface area (Å²) in [7, 11) is 0. The molecule has 1 N–H and O–H groups in total. The number of nitrogens with one attached hydrogen (secondary N) is 1. The van der Waals surface area contributed by atoms with Gasteiger partial charge in [-0.25, -0.2) is 0 Å². The fourth-order valence-electron chi connectivity index (χ4n) is 2.80. The minimum absolute atomic E-state index is 0.131. The highest BCUT2D eigenvalue weighted by Crippen LogP contribution is 2.37. The summed E-state index contributed by atoms with van der Waals surface area (Å²) in [6.07, 6.45) is -1.48. The molecule has 1 aliphatic rings. The van der Waals surface area contributed by atoms with Gasteiger partial charge in [-0.2, -0.15) is 0 Å². The van der Waals surface area contributed by atoms with Crippen molar-refractivity contribution < 1.29 is 17.9 Å². The molecule has 0 bridgehead atoms. The second-order valence-corrected chi connectivity index (χ2v) is 6.31. The summed E-state index contributed by atoms with van der Waals surface area (Å²) in [5.74, 6) is -0.131. The molecule has 7 heteroatoms. The van der Waals surface area contributed by atoms with Crippen molar-refractivity contribution in [2.45, 2.75) is 25.2 Å². The van der Waals surface area contributed by atoms with Gasteiger partial charge < -0.3 is 10.1 Å². The van der Waals surface area contributed by atoms with Gasteiger partial charge in [0.15, 0.2) is 0 Å². The van der Waals surface area contributed by atoms with Gasteiger partial charge in [0.25, 0.3) is 0 Å². The van der Waals surface area contributed by atoms with E-state index in [1.165, 1.54) is 6.07 Å². The van der Waals surface area contributed by atoms with Crippen LogP contribution in [-0.2, 0) is 0 Å². The van der Waals surface area contributed by atoms with Crippen LogP contribution in [0.1, 0.15) is 24.4 Å². The van der Waals surface area contributed by atoms with Gasteiger partial charge in [-0.15, -0.1) is 19.8 Å². The lowest BCUT2D eigenvalue weighted by Crippen LogP contribution is -2.45. The Morgan fingerprint density at radius 3 is 2.65 bits per heavy atom. The van der Waals surface area contributed by atoms with Crippen LogP contribution >= 0.6 is 15.9 Å². The molecule has 1 heterocycles. The number of hydrogen-bond donors (Lipinski definition) is 1. The molecule has 1 aromatic rings. The van der Waals surface area contributed by atoms with Crippen molar-refractivity contribution in [1.29, 1.82) is 0 Å². The van der Waals surface area contributed by atoms with Crippen molar-refractivity contribution in [1.82, 2.24) is 10.2 Å². The number of benzene rings is 1. The van der Waals surface area contributed by atoms with E-state index < -0.39 is 6.36 Å². The zero-order valence-electron chi connectivity index (χ0n) is 12.7. The highest BCUT2D eigenvalue weighted by Gasteiger charge is 2.34. The number of nitrogens with zero attached hydrogens (tertiary/aromatic N) is 1. The molecule has 1 aliphatic heterocycles. The Morgan fingerprint density at radius 1 is 1.35 bits per heavy atom. The maximum Gasteiger partial charge on any atom is 0.573 e. The number of ether oxygens (including phenoxy) is 1. The number of rotatable bonds is 6. The van der Waals surface area contributed by atoms with E-state index in [1.807, 2.05) is 0 Å². The molecule has 0 radical (unpaired) electrons. The molecule has 1 fully saturated rings. The van der Waals surface area contributed by atoms with Crippen LogP contribution in [0.3, 0.4) is 0 Å². The van der Waals surface area contributed by atoms with Gasteiger partial charge in [0.05, 0.1) is 0 Å². The summed E-state index contributed by atoms with van der Waals surface area (Å²) in [6, 6.07) is 4.52. The first-order chi connectivity index (χ1) is 10.9. The first-order valence-electron chi connectivity index (χ1n) is 7.51. The highest BCUT2D eigenvalue weighted by molar-refractivity contribution is 9.10. The summed E-state index contributed by atoms with van der Waals surface area (Å²) in [4.78, 5) is 2.20. The largest absolute Gasteiger partial charge is 0.573 e. The predicted octanol–water partition coefficient (Wildman–Crippen LogP) is 4.26. The van der Waals surface area contributed by atoms with E-state index in [4.69, 9.17) is 0 Å². The van der Waals surface area contributed by atoms with E-state index >= 15 is 0 Å². The molecule has 1 atom stereocenters. The van der Waals surface area contributed by atoms with Crippen molar-refractivity contribution >= 4 is 15.9 Å². The Kier molecular flexibility index (Phi) is 6.50. The maximum atomic E-state index is 12.7. The molecular formula is C16H20BrF3N2O. The van der Waals surface area contributed by atoms with Gasteiger partial charge in [0, 0.05) is 42.3 Å². The standard InChI is InChI=1S/C16H20BrF3N2O/c1-2-3-4-14(22-9-7-21-8-10-22)13-11-12(17)5-6-15(13)23-16(18,19)20/h2,5-6,11,14,21H,1,3-4,7-10H2/t14-/m0/s1. The average Bonchev–Trinajstić information content (AvgIpc) is 2.50. The van der Waals surface area contributed by atoms with Gasteiger partial charge in [-0.3, -0.25) is 4.90 Å². The van der Waals surface area contributed by atoms with E-state index in [0.717, 1.165) is 37.1 Å². The van der Waals surface area contributed by atoms with Crippen LogP contribution in [0.5, 0.6) is 5.75 Å². The van der Waals surface area contributed by atoms with Gasteiger partial charge in [0.2, 0.25) is 0 Å². The molecule has 0 saturated carbocycles. The van der Waals surface area contributed by atoms with Crippen LogP contribution in [0, 0.1) is 0 Å². The molecule has 1 saturated heterocycles. The van der Waals surface area contributed by atoms with E-state index in [-0.39, 0.29) is 11.8 Å². The topological polar surface area (TPSA) is 24.5 Å². The predicted molar refractivity (Wildman–Crippen MR) is 87.4 cm³/mol. The number of halogens is 4. The van der Waals surface area contributed by atoms with E-state index in [0.29, 0.717) is 12.0 Å². The summed E-state index contributed by atoms with van der Waals surface area (Å²) in [5.41, 5.74) is 0.556. The maximum absolute atomic E-state index is 12.7. The van der Waals surface area contributed by atoms with E-state index in [2.05, 4.69) is 37.5 Å². The van der Waals surface area contributed by atoms with Gasteiger partial charge >= 0.3 is 6.36 Å².